The van der Waals surface area contributed by atoms with E-state index in [4.69, 9.17) is 14.6 Å². The number of aromatic nitrogens is 1. The largest absolute Gasteiger partial charge is 0.475 e. The van der Waals surface area contributed by atoms with Gasteiger partial charge in [0, 0.05) is 24.6 Å². The molecule has 6 nitrogen and oxygen atoms in total. The van der Waals surface area contributed by atoms with Crippen molar-refractivity contribution in [2.24, 2.45) is 0 Å². The molecule has 0 fully saturated rings. The van der Waals surface area contributed by atoms with Crippen molar-refractivity contribution in [3.05, 3.63) is 53.7 Å². The molecule has 26 heavy (non-hydrogen) atoms. The molecule has 6 heteroatoms. The smallest absolute Gasteiger partial charge is 0.257 e. The summed E-state index contributed by atoms with van der Waals surface area (Å²) in [4.78, 5) is 16.4. The Morgan fingerprint density at radius 3 is 2.42 bits per heavy atom. The molecule has 0 saturated carbocycles. The maximum absolute atomic E-state index is 12.3. The summed E-state index contributed by atoms with van der Waals surface area (Å²) in [5, 5.41) is 11.7. The number of aliphatic hydroxyl groups is 1. The van der Waals surface area contributed by atoms with Gasteiger partial charge in [0.05, 0.1) is 17.8 Å². The number of pyridine rings is 1. The summed E-state index contributed by atoms with van der Waals surface area (Å²) in [5.74, 6) is 0.211. The fraction of sp³-hybridized carbons (Fsp3) is 0.400. The fourth-order valence-corrected chi connectivity index (χ4v) is 2.18. The van der Waals surface area contributed by atoms with Gasteiger partial charge in [-0.15, -0.1) is 0 Å². The van der Waals surface area contributed by atoms with E-state index in [0.29, 0.717) is 36.8 Å². The quantitative estimate of drug-likeness (QED) is 0.709. The van der Waals surface area contributed by atoms with Crippen LogP contribution in [0, 0.1) is 0 Å². The minimum atomic E-state index is -0.241. The van der Waals surface area contributed by atoms with Gasteiger partial charge in [-0.25, -0.2) is 4.98 Å². The van der Waals surface area contributed by atoms with Crippen molar-refractivity contribution in [2.45, 2.75) is 32.8 Å². The number of nitrogens with one attached hydrogen (secondary N) is 1. The molecule has 0 aliphatic heterocycles. The Hall–Kier alpha value is -2.44. The third-order valence-corrected chi connectivity index (χ3v) is 3.48. The first-order valence-electron chi connectivity index (χ1n) is 8.61. The number of benzene rings is 1. The van der Waals surface area contributed by atoms with E-state index in [0.717, 1.165) is 5.56 Å². The number of rotatable bonds is 8. The summed E-state index contributed by atoms with van der Waals surface area (Å²) in [6.45, 7) is 6.93. The zero-order valence-corrected chi connectivity index (χ0v) is 15.5. The van der Waals surface area contributed by atoms with Crippen LogP contribution in [0.2, 0.25) is 0 Å². The van der Waals surface area contributed by atoms with Gasteiger partial charge in [-0.1, -0.05) is 12.1 Å². The van der Waals surface area contributed by atoms with E-state index in [1.165, 1.54) is 6.20 Å². The predicted octanol–water partition coefficient (Wildman–Crippen LogP) is 3.06. The van der Waals surface area contributed by atoms with Crippen molar-refractivity contribution in [3.63, 3.8) is 0 Å². The van der Waals surface area contributed by atoms with Crippen LogP contribution in [0.15, 0.2) is 42.6 Å². The zero-order valence-electron chi connectivity index (χ0n) is 15.5. The van der Waals surface area contributed by atoms with Gasteiger partial charge in [0.15, 0.2) is 0 Å². The maximum Gasteiger partial charge on any atom is 0.257 e. The number of carbonyl (C=O) groups excluding carboxylic acids is 1. The van der Waals surface area contributed by atoms with Crippen molar-refractivity contribution in [1.82, 2.24) is 4.98 Å². The Balaban J connectivity index is 1.84. The molecule has 140 valence electrons. The van der Waals surface area contributed by atoms with E-state index < -0.39 is 0 Å². The van der Waals surface area contributed by atoms with E-state index in [-0.39, 0.29) is 18.1 Å². The molecule has 0 saturated heterocycles. The zero-order chi connectivity index (χ0) is 19.0. The van der Waals surface area contributed by atoms with Gasteiger partial charge in [-0.05, 0) is 51.0 Å². The number of carbonyl (C=O) groups is 1. The van der Waals surface area contributed by atoms with Gasteiger partial charge in [0.1, 0.15) is 6.61 Å². The first-order chi connectivity index (χ1) is 12.4. The standard InChI is InChI=1S/C20H26N2O4/c1-20(2,3)26-13-12-25-18-9-6-16(14-21-18)19(24)22-17-7-4-15(5-8-17)10-11-23/h4-9,14,23H,10-13H2,1-3H3,(H,22,24). The van der Waals surface area contributed by atoms with Crippen molar-refractivity contribution in [1.29, 1.82) is 0 Å². The lowest BCUT2D eigenvalue weighted by Crippen LogP contribution is -2.22. The summed E-state index contributed by atoms with van der Waals surface area (Å²) in [7, 11) is 0. The Bertz CT molecular complexity index is 691. The average molecular weight is 358 g/mol. The maximum atomic E-state index is 12.3. The summed E-state index contributed by atoms with van der Waals surface area (Å²) < 4.78 is 11.1. The molecule has 1 aromatic carbocycles. The Morgan fingerprint density at radius 2 is 1.85 bits per heavy atom. The number of anilines is 1. The molecule has 0 aliphatic rings. The third-order valence-electron chi connectivity index (χ3n) is 3.48. The molecule has 1 amide bonds. The average Bonchev–Trinajstić information content (AvgIpc) is 2.60. The Kier molecular flexibility index (Phi) is 7.12. The molecular weight excluding hydrogens is 332 g/mol. The second-order valence-electron chi connectivity index (χ2n) is 6.82. The van der Waals surface area contributed by atoms with Crippen molar-refractivity contribution in [2.75, 3.05) is 25.1 Å². The molecule has 0 unspecified atom stereocenters. The van der Waals surface area contributed by atoms with Gasteiger partial charge in [0.2, 0.25) is 5.88 Å². The lowest BCUT2D eigenvalue weighted by atomic mass is 10.1. The van der Waals surface area contributed by atoms with Gasteiger partial charge in [-0.2, -0.15) is 0 Å². The summed E-state index contributed by atoms with van der Waals surface area (Å²) >= 11 is 0. The SMILES string of the molecule is CC(C)(C)OCCOc1ccc(C(=O)Nc2ccc(CCO)cc2)cn1. The predicted molar refractivity (Wildman–Crippen MR) is 101 cm³/mol. The second-order valence-corrected chi connectivity index (χ2v) is 6.82. The van der Waals surface area contributed by atoms with E-state index >= 15 is 0 Å². The summed E-state index contributed by atoms with van der Waals surface area (Å²) in [6.07, 6.45) is 2.08. The lowest BCUT2D eigenvalue weighted by molar-refractivity contribution is -0.0168. The summed E-state index contributed by atoms with van der Waals surface area (Å²) in [6, 6.07) is 10.7. The third kappa shape index (κ3) is 6.82. The first-order valence-corrected chi connectivity index (χ1v) is 8.61. The van der Waals surface area contributed by atoms with Gasteiger partial charge in [-0.3, -0.25) is 4.79 Å². The molecule has 0 spiro atoms. The topological polar surface area (TPSA) is 80.7 Å². The highest BCUT2D eigenvalue weighted by Crippen LogP contribution is 2.13. The molecule has 1 heterocycles. The number of hydrogen-bond donors (Lipinski definition) is 2. The van der Waals surface area contributed by atoms with Crippen LogP contribution in [0.1, 0.15) is 36.7 Å². The summed E-state index contributed by atoms with van der Waals surface area (Å²) in [5.41, 5.74) is 1.96. The van der Waals surface area contributed by atoms with Crippen molar-refractivity contribution < 1.29 is 19.4 Å². The number of amides is 1. The van der Waals surface area contributed by atoms with Gasteiger partial charge < -0.3 is 19.9 Å². The van der Waals surface area contributed by atoms with Crippen LogP contribution in [0.4, 0.5) is 5.69 Å². The first kappa shape index (κ1) is 19.9. The van der Waals surface area contributed by atoms with Crippen LogP contribution in [0.3, 0.4) is 0 Å². The van der Waals surface area contributed by atoms with Gasteiger partial charge in [0.25, 0.3) is 5.91 Å². The fourth-order valence-electron chi connectivity index (χ4n) is 2.18. The van der Waals surface area contributed by atoms with Crippen molar-refractivity contribution >= 4 is 11.6 Å². The second kappa shape index (κ2) is 9.31. The minimum Gasteiger partial charge on any atom is -0.475 e. The molecule has 0 atom stereocenters. The molecule has 1 aromatic heterocycles. The van der Waals surface area contributed by atoms with Crippen LogP contribution in [-0.2, 0) is 11.2 Å². The molecule has 2 aromatic rings. The number of hydrogen-bond acceptors (Lipinski definition) is 5. The highest BCUT2D eigenvalue weighted by Gasteiger charge is 2.10. The number of nitrogens with zero attached hydrogens (tertiary/aromatic N) is 1. The van der Waals surface area contributed by atoms with Crippen LogP contribution in [0.5, 0.6) is 5.88 Å². The van der Waals surface area contributed by atoms with Crippen LogP contribution < -0.4 is 10.1 Å². The van der Waals surface area contributed by atoms with E-state index in [1.54, 1.807) is 12.1 Å². The van der Waals surface area contributed by atoms with Crippen LogP contribution in [-0.4, -0.2) is 41.4 Å². The highest BCUT2D eigenvalue weighted by molar-refractivity contribution is 6.04. The van der Waals surface area contributed by atoms with Gasteiger partial charge >= 0.3 is 0 Å². The van der Waals surface area contributed by atoms with E-state index in [1.807, 2.05) is 45.0 Å². The number of aliphatic hydroxyl groups excluding tert-OH is 1. The van der Waals surface area contributed by atoms with Crippen LogP contribution >= 0.6 is 0 Å². The molecule has 2 rings (SSSR count). The van der Waals surface area contributed by atoms with Crippen LogP contribution in [0.25, 0.3) is 0 Å². The monoisotopic (exact) mass is 358 g/mol. The normalized spacial score (nSPS) is 11.2. The Morgan fingerprint density at radius 1 is 1.12 bits per heavy atom. The van der Waals surface area contributed by atoms with E-state index in [9.17, 15) is 4.79 Å². The Labute approximate surface area is 154 Å². The number of ether oxygens (including phenoxy) is 2. The molecule has 0 aliphatic carbocycles. The molecule has 0 bridgehead atoms. The molecule has 2 N–H and O–H groups in total. The minimum absolute atomic E-state index is 0.105. The molecular formula is C20H26N2O4. The molecule has 0 radical (unpaired) electrons. The van der Waals surface area contributed by atoms with Crippen molar-refractivity contribution in [3.8, 4) is 5.88 Å². The lowest BCUT2D eigenvalue weighted by Gasteiger charge is -2.19. The highest BCUT2D eigenvalue weighted by atomic mass is 16.5. The van der Waals surface area contributed by atoms with E-state index in [2.05, 4.69) is 10.3 Å².